The van der Waals surface area contributed by atoms with Crippen molar-refractivity contribution in [3.8, 4) is 11.3 Å². The van der Waals surface area contributed by atoms with E-state index >= 15 is 0 Å². The van der Waals surface area contributed by atoms with Crippen LogP contribution in [0, 0.1) is 0 Å². The average Bonchev–Trinajstić information content (AvgIpc) is 2.77. The Hall–Kier alpha value is -1.57. The molecule has 2 heteroatoms. The third-order valence-corrected chi connectivity index (χ3v) is 3.43. The lowest BCUT2D eigenvalue weighted by molar-refractivity contribution is 0.567. The summed E-state index contributed by atoms with van der Waals surface area (Å²) in [6, 6.07) is 10.8. The summed E-state index contributed by atoms with van der Waals surface area (Å²) in [4.78, 5) is 0. The van der Waals surface area contributed by atoms with E-state index in [-0.39, 0.29) is 10.8 Å². The quantitative estimate of drug-likeness (QED) is 0.789. The number of hydrogen-bond donors (Lipinski definition) is 1. The Morgan fingerprint density at radius 2 is 1.42 bits per heavy atom. The van der Waals surface area contributed by atoms with Crippen molar-refractivity contribution in [2.24, 2.45) is 0 Å². The van der Waals surface area contributed by atoms with Gasteiger partial charge in [-0.3, -0.25) is 5.10 Å². The van der Waals surface area contributed by atoms with Gasteiger partial charge in [0.15, 0.2) is 0 Å². The molecule has 1 heterocycles. The standard InChI is InChI=1S/C17H24N2/c1-16(2,3)13-9-7-12(8-10-13)14-11-15(19-18-14)17(4,5)6/h7-11H,1-6H3,(H,18,19). The molecule has 0 aliphatic rings. The highest BCUT2D eigenvalue weighted by Crippen LogP contribution is 2.27. The summed E-state index contributed by atoms with van der Waals surface area (Å²) < 4.78 is 0. The lowest BCUT2D eigenvalue weighted by atomic mass is 9.86. The number of nitrogens with zero attached hydrogens (tertiary/aromatic N) is 1. The van der Waals surface area contributed by atoms with Gasteiger partial charge in [-0.05, 0) is 17.0 Å². The maximum absolute atomic E-state index is 4.42. The van der Waals surface area contributed by atoms with E-state index in [0.29, 0.717) is 0 Å². The number of aromatic amines is 1. The van der Waals surface area contributed by atoms with E-state index in [0.717, 1.165) is 5.69 Å². The van der Waals surface area contributed by atoms with Gasteiger partial charge in [0.25, 0.3) is 0 Å². The van der Waals surface area contributed by atoms with Crippen LogP contribution in [-0.2, 0) is 10.8 Å². The van der Waals surface area contributed by atoms with Crippen LogP contribution in [0.3, 0.4) is 0 Å². The molecule has 1 aromatic heterocycles. The van der Waals surface area contributed by atoms with Crippen molar-refractivity contribution in [2.45, 2.75) is 52.4 Å². The van der Waals surface area contributed by atoms with Gasteiger partial charge in [0.05, 0.1) is 5.69 Å². The number of aromatic nitrogens is 2. The second-order valence-corrected chi connectivity index (χ2v) is 7.24. The molecule has 0 saturated carbocycles. The summed E-state index contributed by atoms with van der Waals surface area (Å²) in [5, 5.41) is 7.56. The number of hydrogen-bond acceptors (Lipinski definition) is 1. The fraction of sp³-hybridized carbons (Fsp3) is 0.471. The molecule has 19 heavy (non-hydrogen) atoms. The van der Waals surface area contributed by atoms with E-state index in [1.807, 2.05) is 0 Å². The zero-order valence-electron chi connectivity index (χ0n) is 12.8. The third-order valence-electron chi connectivity index (χ3n) is 3.43. The molecule has 102 valence electrons. The molecule has 0 atom stereocenters. The first-order valence-corrected chi connectivity index (χ1v) is 6.85. The number of rotatable bonds is 1. The minimum Gasteiger partial charge on any atom is -0.281 e. The number of nitrogens with one attached hydrogen (secondary N) is 1. The topological polar surface area (TPSA) is 28.7 Å². The van der Waals surface area contributed by atoms with E-state index in [2.05, 4.69) is 82.1 Å². The smallest absolute Gasteiger partial charge is 0.0923 e. The molecule has 1 N–H and O–H groups in total. The van der Waals surface area contributed by atoms with Gasteiger partial charge in [0, 0.05) is 16.7 Å². The fourth-order valence-corrected chi connectivity index (χ4v) is 1.99. The molecular weight excluding hydrogens is 232 g/mol. The maximum Gasteiger partial charge on any atom is 0.0923 e. The van der Waals surface area contributed by atoms with Crippen LogP contribution in [0.25, 0.3) is 11.3 Å². The van der Waals surface area contributed by atoms with Gasteiger partial charge in [-0.1, -0.05) is 65.8 Å². The monoisotopic (exact) mass is 256 g/mol. The van der Waals surface area contributed by atoms with Crippen LogP contribution < -0.4 is 0 Å². The van der Waals surface area contributed by atoms with E-state index in [9.17, 15) is 0 Å². The van der Waals surface area contributed by atoms with Crippen molar-refractivity contribution in [1.82, 2.24) is 10.2 Å². The summed E-state index contributed by atoms with van der Waals surface area (Å²) in [6.45, 7) is 13.3. The predicted molar refractivity (Wildman–Crippen MR) is 81.4 cm³/mol. The van der Waals surface area contributed by atoms with Gasteiger partial charge >= 0.3 is 0 Å². The Balaban J connectivity index is 2.31. The molecule has 0 bridgehead atoms. The largest absolute Gasteiger partial charge is 0.281 e. The third kappa shape index (κ3) is 3.06. The molecule has 2 nitrogen and oxygen atoms in total. The van der Waals surface area contributed by atoms with Crippen LogP contribution in [-0.4, -0.2) is 10.2 Å². The zero-order chi connectivity index (χ0) is 14.3. The van der Waals surface area contributed by atoms with Gasteiger partial charge in [0.2, 0.25) is 0 Å². The van der Waals surface area contributed by atoms with Gasteiger partial charge in [-0.2, -0.15) is 5.10 Å². The fourth-order valence-electron chi connectivity index (χ4n) is 1.99. The van der Waals surface area contributed by atoms with Crippen LogP contribution in [0.2, 0.25) is 0 Å². The highest BCUT2D eigenvalue weighted by Gasteiger charge is 2.18. The van der Waals surface area contributed by atoms with Crippen LogP contribution in [0.5, 0.6) is 0 Å². The summed E-state index contributed by atoms with van der Waals surface area (Å²) in [6.07, 6.45) is 0. The van der Waals surface area contributed by atoms with Gasteiger partial charge in [-0.15, -0.1) is 0 Å². The SMILES string of the molecule is CC(C)(C)c1ccc(-c2cc(C(C)(C)C)[nH]n2)cc1. The van der Waals surface area contributed by atoms with Crippen molar-refractivity contribution in [1.29, 1.82) is 0 Å². The van der Waals surface area contributed by atoms with Crippen molar-refractivity contribution < 1.29 is 0 Å². The van der Waals surface area contributed by atoms with E-state index in [1.165, 1.54) is 16.8 Å². The average molecular weight is 256 g/mol. The van der Waals surface area contributed by atoms with Crippen LogP contribution in [0.1, 0.15) is 52.8 Å². The molecule has 0 aliphatic heterocycles. The van der Waals surface area contributed by atoms with Crippen molar-refractivity contribution >= 4 is 0 Å². The van der Waals surface area contributed by atoms with Crippen molar-refractivity contribution in [3.05, 3.63) is 41.6 Å². The summed E-state index contributed by atoms with van der Waals surface area (Å²) in [5.41, 5.74) is 5.01. The molecule has 0 fully saturated rings. The molecule has 2 rings (SSSR count). The maximum atomic E-state index is 4.42. The first-order valence-electron chi connectivity index (χ1n) is 6.85. The Bertz CT molecular complexity index is 548. The van der Waals surface area contributed by atoms with Crippen LogP contribution >= 0.6 is 0 Å². The van der Waals surface area contributed by atoms with Crippen LogP contribution in [0.4, 0.5) is 0 Å². The van der Waals surface area contributed by atoms with Gasteiger partial charge in [-0.25, -0.2) is 0 Å². The molecule has 0 spiro atoms. The molecule has 0 radical (unpaired) electrons. The molecule has 0 amide bonds. The highest BCUT2D eigenvalue weighted by atomic mass is 15.1. The van der Waals surface area contributed by atoms with E-state index in [1.54, 1.807) is 0 Å². The van der Waals surface area contributed by atoms with Gasteiger partial charge in [0.1, 0.15) is 0 Å². The van der Waals surface area contributed by atoms with Crippen molar-refractivity contribution in [2.75, 3.05) is 0 Å². The molecular formula is C17H24N2. The summed E-state index contributed by atoms with van der Waals surface area (Å²) in [5.74, 6) is 0. The Labute approximate surface area is 116 Å². The summed E-state index contributed by atoms with van der Waals surface area (Å²) in [7, 11) is 0. The second-order valence-electron chi connectivity index (χ2n) is 7.24. The lowest BCUT2D eigenvalue weighted by Crippen LogP contribution is -2.11. The lowest BCUT2D eigenvalue weighted by Gasteiger charge is -2.18. The second kappa shape index (κ2) is 4.52. The first-order chi connectivity index (χ1) is 8.68. The van der Waals surface area contributed by atoms with E-state index in [4.69, 9.17) is 0 Å². The van der Waals surface area contributed by atoms with Crippen LogP contribution in [0.15, 0.2) is 30.3 Å². The summed E-state index contributed by atoms with van der Waals surface area (Å²) >= 11 is 0. The molecule has 0 unspecified atom stereocenters. The minimum atomic E-state index is 0.108. The predicted octanol–water partition coefficient (Wildman–Crippen LogP) is 4.67. The Morgan fingerprint density at radius 3 is 1.84 bits per heavy atom. The van der Waals surface area contributed by atoms with Crippen molar-refractivity contribution in [3.63, 3.8) is 0 Å². The normalized spacial score (nSPS) is 12.7. The Kier molecular flexibility index (Phi) is 3.29. The Morgan fingerprint density at radius 1 is 0.842 bits per heavy atom. The molecule has 0 aliphatic carbocycles. The zero-order valence-corrected chi connectivity index (χ0v) is 12.8. The molecule has 1 aromatic carbocycles. The first kappa shape index (κ1) is 13.9. The highest BCUT2D eigenvalue weighted by molar-refractivity contribution is 5.60. The number of H-pyrrole nitrogens is 1. The van der Waals surface area contributed by atoms with E-state index < -0.39 is 0 Å². The van der Waals surface area contributed by atoms with Gasteiger partial charge < -0.3 is 0 Å². The molecule has 0 saturated heterocycles. The molecule has 2 aromatic rings. The number of benzene rings is 1. The minimum absolute atomic E-state index is 0.108.